The summed E-state index contributed by atoms with van der Waals surface area (Å²) in [6.45, 7) is 1.17. The van der Waals surface area contributed by atoms with Crippen molar-refractivity contribution < 1.29 is 8.42 Å². The van der Waals surface area contributed by atoms with Crippen LogP contribution < -0.4 is 5.73 Å². The quantitative estimate of drug-likeness (QED) is 0.914. The molecule has 0 amide bonds. The number of anilines is 1. The average molecular weight is 323 g/mol. The lowest BCUT2D eigenvalue weighted by Gasteiger charge is -2.19. The van der Waals surface area contributed by atoms with Gasteiger partial charge in [0.15, 0.2) is 0 Å². The van der Waals surface area contributed by atoms with Crippen molar-refractivity contribution in [2.45, 2.75) is 11.3 Å². The zero-order valence-electron chi connectivity index (χ0n) is 11.5. The van der Waals surface area contributed by atoms with Crippen molar-refractivity contribution in [3.8, 4) is 0 Å². The smallest absolute Gasteiger partial charge is 0.243 e. The third-order valence-corrected chi connectivity index (χ3v) is 6.44. The van der Waals surface area contributed by atoms with Crippen LogP contribution in [0.5, 0.6) is 0 Å². The summed E-state index contributed by atoms with van der Waals surface area (Å²) in [6, 6.07) is 8.48. The summed E-state index contributed by atoms with van der Waals surface area (Å²) in [5, 5.41) is 0.787. The van der Waals surface area contributed by atoms with Crippen molar-refractivity contribution in [3.05, 3.63) is 30.3 Å². The molecule has 2 heterocycles. The van der Waals surface area contributed by atoms with Gasteiger partial charge in [-0.1, -0.05) is 0 Å². The minimum Gasteiger partial charge on any atom is -0.384 e. The fourth-order valence-corrected chi connectivity index (χ4v) is 4.91. The third kappa shape index (κ3) is 3.00. The molecule has 0 unspecified atom stereocenters. The molecule has 0 aliphatic carbocycles. The summed E-state index contributed by atoms with van der Waals surface area (Å²) < 4.78 is 27.0. The van der Waals surface area contributed by atoms with Gasteiger partial charge in [-0.25, -0.2) is 13.4 Å². The van der Waals surface area contributed by atoms with Crippen LogP contribution in [0.25, 0.3) is 10.9 Å². The fourth-order valence-electron chi connectivity index (χ4n) is 2.39. The van der Waals surface area contributed by atoms with E-state index in [0.717, 1.165) is 23.3 Å². The molecule has 5 nitrogen and oxygen atoms in total. The van der Waals surface area contributed by atoms with Crippen molar-refractivity contribution in [2.24, 2.45) is 0 Å². The van der Waals surface area contributed by atoms with Crippen LogP contribution in [0.3, 0.4) is 0 Å². The van der Waals surface area contributed by atoms with Gasteiger partial charge in [0.05, 0.1) is 10.4 Å². The molecule has 1 saturated heterocycles. The number of thioether (sulfide) groups is 1. The Morgan fingerprint density at radius 3 is 2.86 bits per heavy atom. The Kier molecular flexibility index (Phi) is 4.05. The number of rotatable bonds is 2. The molecule has 112 valence electrons. The second-order valence-electron chi connectivity index (χ2n) is 4.96. The molecule has 1 aliphatic heterocycles. The summed E-state index contributed by atoms with van der Waals surface area (Å²) in [6.07, 6.45) is 0.898. The number of hydrogen-bond acceptors (Lipinski definition) is 5. The van der Waals surface area contributed by atoms with Crippen molar-refractivity contribution >= 4 is 38.5 Å². The van der Waals surface area contributed by atoms with Gasteiger partial charge in [-0.15, -0.1) is 0 Å². The monoisotopic (exact) mass is 323 g/mol. The summed E-state index contributed by atoms with van der Waals surface area (Å²) in [7, 11) is -3.43. The first-order valence-electron chi connectivity index (χ1n) is 6.81. The molecule has 1 fully saturated rings. The van der Waals surface area contributed by atoms with E-state index in [1.165, 1.54) is 0 Å². The van der Waals surface area contributed by atoms with Crippen molar-refractivity contribution in [1.82, 2.24) is 9.29 Å². The second kappa shape index (κ2) is 5.82. The molecular formula is C14H17N3O2S2. The summed E-state index contributed by atoms with van der Waals surface area (Å²) >= 11 is 1.80. The molecule has 0 saturated carbocycles. The molecule has 1 aromatic carbocycles. The van der Waals surface area contributed by atoms with Crippen LogP contribution in [-0.2, 0) is 10.0 Å². The molecule has 0 radical (unpaired) electrons. The standard InChI is InChI=1S/C14H17N3O2S2/c15-14-5-2-11-10-12(3-4-13(11)16-14)21(18,19)17-6-1-8-20-9-7-17/h2-5,10H,1,6-9H2,(H2,15,16). The van der Waals surface area contributed by atoms with Gasteiger partial charge < -0.3 is 5.73 Å². The van der Waals surface area contributed by atoms with Gasteiger partial charge in [-0.2, -0.15) is 16.1 Å². The Hall–Kier alpha value is -1.31. The third-order valence-electron chi connectivity index (χ3n) is 3.50. The Balaban J connectivity index is 1.99. The number of nitrogens with two attached hydrogens (primary N) is 1. The lowest BCUT2D eigenvalue weighted by atomic mass is 10.2. The van der Waals surface area contributed by atoms with Gasteiger partial charge >= 0.3 is 0 Å². The largest absolute Gasteiger partial charge is 0.384 e. The van der Waals surface area contributed by atoms with Crippen LogP contribution in [-0.4, -0.2) is 42.3 Å². The van der Waals surface area contributed by atoms with E-state index in [1.807, 2.05) is 0 Å². The maximum absolute atomic E-state index is 12.7. The minimum atomic E-state index is -3.43. The Morgan fingerprint density at radius 1 is 1.14 bits per heavy atom. The number of nitrogens with zero attached hydrogens (tertiary/aromatic N) is 2. The average Bonchev–Trinajstić information content (AvgIpc) is 2.76. The van der Waals surface area contributed by atoms with Gasteiger partial charge in [0.25, 0.3) is 0 Å². The first-order chi connectivity index (χ1) is 10.1. The number of benzene rings is 1. The summed E-state index contributed by atoms with van der Waals surface area (Å²) in [5.74, 6) is 2.31. The summed E-state index contributed by atoms with van der Waals surface area (Å²) in [4.78, 5) is 4.52. The Bertz CT molecular complexity index is 754. The number of hydrogen-bond donors (Lipinski definition) is 1. The van der Waals surface area contributed by atoms with Gasteiger partial charge in [-0.3, -0.25) is 0 Å². The van der Waals surface area contributed by atoms with Crippen LogP contribution in [0.1, 0.15) is 6.42 Å². The van der Waals surface area contributed by atoms with Gasteiger partial charge in [-0.05, 0) is 42.5 Å². The molecule has 0 spiro atoms. The van der Waals surface area contributed by atoms with E-state index in [9.17, 15) is 8.42 Å². The molecule has 1 aromatic heterocycles. The van der Waals surface area contributed by atoms with Crippen LogP contribution in [0.4, 0.5) is 5.82 Å². The van der Waals surface area contributed by atoms with E-state index in [-0.39, 0.29) is 0 Å². The zero-order chi connectivity index (χ0) is 14.9. The van der Waals surface area contributed by atoms with Gasteiger partial charge in [0, 0.05) is 24.2 Å². The van der Waals surface area contributed by atoms with E-state index in [2.05, 4.69) is 4.98 Å². The molecule has 21 heavy (non-hydrogen) atoms. The highest BCUT2D eigenvalue weighted by Crippen LogP contribution is 2.23. The Morgan fingerprint density at radius 2 is 2.00 bits per heavy atom. The van der Waals surface area contributed by atoms with E-state index in [4.69, 9.17) is 5.73 Å². The fraction of sp³-hybridized carbons (Fsp3) is 0.357. The molecule has 2 aromatic rings. The van der Waals surface area contributed by atoms with Crippen LogP contribution in [0.2, 0.25) is 0 Å². The van der Waals surface area contributed by atoms with Crippen LogP contribution in [0, 0.1) is 0 Å². The lowest BCUT2D eigenvalue weighted by molar-refractivity contribution is 0.435. The van der Waals surface area contributed by atoms with E-state index >= 15 is 0 Å². The maximum Gasteiger partial charge on any atom is 0.243 e. The van der Waals surface area contributed by atoms with Crippen LogP contribution in [0.15, 0.2) is 35.2 Å². The van der Waals surface area contributed by atoms with Gasteiger partial charge in [0.2, 0.25) is 10.0 Å². The van der Waals surface area contributed by atoms with Crippen LogP contribution >= 0.6 is 11.8 Å². The summed E-state index contributed by atoms with van der Waals surface area (Å²) in [5.41, 5.74) is 6.35. The predicted molar refractivity (Wildman–Crippen MR) is 86.9 cm³/mol. The Labute approximate surface area is 128 Å². The highest BCUT2D eigenvalue weighted by atomic mass is 32.2. The number of sulfonamides is 1. The number of pyridine rings is 1. The molecule has 0 bridgehead atoms. The van der Waals surface area contributed by atoms with E-state index < -0.39 is 10.0 Å². The highest BCUT2D eigenvalue weighted by molar-refractivity contribution is 7.99. The van der Waals surface area contributed by atoms with Crippen molar-refractivity contribution in [2.75, 3.05) is 30.3 Å². The van der Waals surface area contributed by atoms with Crippen molar-refractivity contribution in [1.29, 1.82) is 0 Å². The first-order valence-corrected chi connectivity index (χ1v) is 9.41. The van der Waals surface area contributed by atoms with E-state index in [0.29, 0.717) is 29.3 Å². The molecular weight excluding hydrogens is 306 g/mol. The molecule has 3 rings (SSSR count). The second-order valence-corrected chi connectivity index (χ2v) is 8.12. The number of fused-ring (bicyclic) bond motifs is 1. The molecule has 1 aliphatic rings. The number of aromatic nitrogens is 1. The predicted octanol–water partition coefficient (Wildman–Crippen LogP) is 1.94. The van der Waals surface area contributed by atoms with Crippen molar-refractivity contribution in [3.63, 3.8) is 0 Å². The lowest BCUT2D eigenvalue weighted by Crippen LogP contribution is -2.32. The topological polar surface area (TPSA) is 76.3 Å². The molecule has 2 N–H and O–H groups in total. The number of nitrogen functional groups attached to an aromatic ring is 1. The van der Waals surface area contributed by atoms with E-state index in [1.54, 1.807) is 46.4 Å². The van der Waals surface area contributed by atoms with Gasteiger partial charge in [0.1, 0.15) is 5.82 Å². The normalized spacial score (nSPS) is 17.7. The SMILES string of the molecule is Nc1ccc2cc(S(=O)(=O)N3CCCSCC3)ccc2n1. The molecule has 7 heteroatoms. The maximum atomic E-state index is 12.7. The highest BCUT2D eigenvalue weighted by Gasteiger charge is 2.25. The zero-order valence-corrected chi connectivity index (χ0v) is 13.2. The molecule has 0 atom stereocenters. The first kappa shape index (κ1) is 14.6. The minimum absolute atomic E-state index is 0.327.